The highest BCUT2D eigenvalue weighted by molar-refractivity contribution is 6.94. The fourth-order valence-corrected chi connectivity index (χ4v) is 9.66. The topological polar surface area (TPSA) is 9.23 Å². The maximum Gasteiger partial charge on any atom is 0.121 e. The summed E-state index contributed by atoms with van der Waals surface area (Å²) in [7, 11) is -1.84. The molecule has 1 aliphatic carbocycles. The molecule has 0 fully saturated rings. The van der Waals surface area contributed by atoms with Crippen LogP contribution in [0.25, 0.3) is 6.08 Å². The molecule has 0 saturated carbocycles. The number of allylic oxidation sites excluding steroid dienone is 1. The molecule has 2 aromatic rings. The second-order valence-corrected chi connectivity index (χ2v) is 12.3. The number of fused-ring (bicyclic) bond motifs is 1. The predicted octanol–water partition coefficient (Wildman–Crippen LogP) is 5.91. The van der Waals surface area contributed by atoms with Crippen LogP contribution in [0, 0.1) is 13.8 Å². The van der Waals surface area contributed by atoms with Gasteiger partial charge in [-0.15, -0.1) is 0 Å². The van der Waals surface area contributed by atoms with Crippen LogP contribution in [-0.4, -0.2) is 14.7 Å². The van der Waals surface area contributed by atoms with E-state index in [1.807, 2.05) is 6.08 Å². The molecule has 136 valence electrons. The van der Waals surface area contributed by atoms with Crippen molar-refractivity contribution in [1.29, 1.82) is 0 Å². The Labute approximate surface area is 159 Å². The molecule has 0 amide bonds. The largest absolute Gasteiger partial charge is 0.489 e. The Kier molecular flexibility index (Phi) is 5.52. The molecule has 0 N–H and O–H groups in total. The Hall–Kier alpha value is -2.06. The Morgan fingerprint density at radius 2 is 1.85 bits per heavy atom. The lowest BCUT2D eigenvalue weighted by Gasteiger charge is -2.38. The van der Waals surface area contributed by atoms with Gasteiger partial charge in [0.05, 0.1) is 0 Å². The predicted molar refractivity (Wildman–Crippen MR) is 116 cm³/mol. The highest BCUT2D eigenvalue weighted by Crippen LogP contribution is 2.42. The van der Waals surface area contributed by atoms with Gasteiger partial charge in [0.15, 0.2) is 0 Å². The molecule has 0 aliphatic heterocycles. The first-order chi connectivity index (χ1) is 12.6. The average molecular weight is 363 g/mol. The molecule has 0 spiro atoms. The van der Waals surface area contributed by atoms with Crippen molar-refractivity contribution in [3.05, 3.63) is 77.4 Å². The minimum absolute atomic E-state index is 0.515. The van der Waals surface area contributed by atoms with Crippen LogP contribution in [0.3, 0.4) is 0 Å². The fraction of sp³-hybridized carbons (Fsp3) is 0.333. The molecule has 1 nitrogen and oxygen atoms in total. The van der Waals surface area contributed by atoms with Gasteiger partial charge in [0.1, 0.15) is 20.4 Å². The summed E-state index contributed by atoms with van der Waals surface area (Å²) in [4.78, 5) is 0. The van der Waals surface area contributed by atoms with E-state index in [0.717, 1.165) is 5.75 Å². The van der Waals surface area contributed by atoms with Crippen LogP contribution in [-0.2, 0) is 0 Å². The van der Waals surface area contributed by atoms with E-state index in [9.17, 15) is 0 Å². The van der Waals surface area contributed by atoms with Crippen LogP contribution in [0.2, 0.25) is 12.1 Å². The lowest BCUT2D eigenvalue weighted by atomic mass is 10.1. The Morgan fingerprint density at radius 3 is 2.54 bits per heavy atom. The first-order valence-electron chi connectivity index (χ1n) is 9.70. The maximum atomic E-state index is 6.22. The number of benzene rings is 2. The normalized spacial score (nSPS) is 15.8. The highest BCUT2D eigenvalue weighted by Gasteiger charge is 2.43. The van der Waals surface area contributed by atoms with Gasteiger partial charge < -0.3 is 4.74 Å². The molecular weight excluding hydrogens is 332 g/mol. The third-order valence-electron chi connectivity index (χ3n) is 5.96. The molecule has 2 aromatic carbocycles. The van der Waals surface area contributed by atoms with Crippen molar-refractivity contribution in [2.45, 2.75) is 45.3 Å². The SMILES string of the molecule is C=CCOc1c(C)cc(C)cc1[Si](CC)(CC)C1C=Cc2ccccc21. The smallest absolute Gasteiger partial charge is 0.121 e. The van der Waals surface area contributed by atoms with Gasteiger partial charge in [-0.1, -0.05) is 92.7 Å². The van der Waals surface area contributed by atoms with Gasteiger partial charge in [-0.05, 0) is 35.7 Å². The molecule has 1 atom stereocenters. The fourth-order valence-electron chi connectivity index (χ4n) is 4.63. The van der Waals surface area contributed by atoms with E-state index in [-0.39, 0.29) is 0 Å². The van der Waals surface area contributed by atoms with Crippen LogP contribution >= 0.6 is 0 Å². The van der Waals surface area contributed by atoms with Gasteiger partial charge in [0.2, 0.25) is 0 Å². The van der Waals surface area contributed by atoms with Crippen LogP contribution in [0.15, 0.2) is 55.1 Å². The number of hydrogen-bond donors (Lipinski definition) is 0. The van der Waals surface area contributed by atoms with Crippen molar-refractivity contribution < 1.29 is 4.74 Å². The minimum atomic E-state index is -1.84. The monoisotopic (exact) mass is 362 g/mol. The van der Waals surface area contributed by atoms with Gasteiger partial charge in [0, 0.05) is 5.54 Å². The second-order valence-electron chi connectivity index (χ2n) is 7.39. The lowest BCUT2D eigenvalue weighted by Crippen LogP contribution is -2.52. The van der Waals surface area contributed by atoms with Gasteiger partial charge >= 0.3 is 0 Å². The molecule has 1 unspecified atom stereocenters. The van der Waals surface area contributed by atoms with Crippen molar-refractivity contribution in [2.24, 2.45) is 0 Å². The quantitative estimate of drug-likeness (QED) is 0.439. The summed E-state index contributed by atoms with van der Waals surface area (Å²) in [5.74, 6) is 1.10. The zero-order valence-corrected chi connectivity index (χ0v) is 17.5. The molecule has 0 aromatic heterocycles. The van der Waals surface area contributed by atoms with E-state index in [1.54, 1.807) is 0 Å². The minimum Gasteiger partial charge on any atom is -0.489 e. The molecule has 0 saturated heterocycles. The Morgan fingerprint density at radius 1 is 1.12 bits per heavy atom. The van der Waals surface area contributed by atoms with Crippen molar-refractivity contribution in [1.82, 2.24) is 0 Å². The summed E-state index contributed by atoms with van der Waals surface area (Å²) in [5, 5.41) is 1.48. The zero-order chi connectivity index (χ0) is 18.7. The van der Waals surface area contributed by atoms with E-state index in [4.69, 9.17) is 4.74 Å². The van der Waals surface area contributed by atoms with Gasteiger partial charge in [0.25, 0.3) is 0 Å². The van der Waals surface area contributed by atoms with E-state index in [1.165, 1.54) is 39.5 Å². The van der Waals surface area contributed by atoms with Crippen molar-refractivity contribution in [3.8, 4) is 5.75 Å². The van der Waals surface area contributed by atoms with Crippen molar-refractivity contribution in [2.75, 3.05) is 6.61 Å². The number of rotatable bonds is 7. The first kappa shape index (κ1) is 18.7. The van der Waals surface area contributed by atoms with Gasteiger partial charge in [-0.2, -0.15) is 0 Å². The maximum absolute atomic E-state index is 6.22. The number of ether oxygens (including phenoxy) is 1. The van der Waals surface area contributed by atoms with Crippen LogP contribution in [0.5, 0.6) is 5.75 Å². The van der Waals surface area contributed by atoms with E-state index < -0.39 is 8.07 Å². The van der Waals surface area contributed by atoms with Gasteiger partial charge in [-0.3, -0.25) is 0 Å². The lowest BCUT2D eigenvalue weighted by molar-refractivity contribution is 0.363. The standard InChI is InChI=1S/C24H30OSi/c1-6-15-25-24-19(5)16-18(4)17-23(24)26(7-2,8-3)22-14-13-20-11-9-10-12-21(20)22/h6,9-14,16-17,22H,1,7-8,15H2,2-5H3. The molecule has 0 radical (unpaired) electrons. The first-order valence-corrected chi connectivity index (χ1v) is 12.2. The highest BCUT2D eigenvalue weighted by atomic mass is 28.3. The van der Waals surface area contributed by atoms with E-state index in [2.05, 4.69) is 82.8 Å². The third-order valence-corrected chi connectivity index (χ3v) is 11.6. The van der Waals surface area contributed by atoms with Crippen molar-refractivity contribution >= 4 is 19.3 Å². The summed E-state index contributed by atoms with van der Waals surface area (Å²) < 4.78 is 6.22. The van der Waals surface area contributed by atoms with Crippen LogP contribution in [0.1, 0.15) is 41.6 Å². The summed E-state index contributed by atoms with van der Waals surface area (Å²) in [6, 6.07) is 15.9. The third kappa shape index (κ3) is 3.07. The van der Waals surface area contributed by atoms with E-state index in [0.29, 0.717) is 12.1 Å². The summed E-state index contributed by atoms with van der Waals surface area (Å²) in [6.07, 6.45) is 6.62. The molecule has 26 heavy (non-hydrogen) atoms. The van der Waals surface area contributed by atoms with Gasteiger partial charge in [-0.25, -0.2) is 0 Å². The average Bonchev–Trinajstić information content (AvgIpc) is 3.07. The molecule has 2 heteroatoms. The molecule has 0 bridgehead atoms. The second kappa shape index (κ2) is 7.67. The molecular formula is C24H30OSi. The number of aryl methyl sites for hydroxylation is 2. The zero-order valence-electron chi connectivity index (χ0n) is 16.5. The summed E-state index contributed by atoms with van der Waals surface area (Å²) in [6.45, 7) is 13.5. The molecule has 0 heterocycles. The van der Waals surface area contributed by atoms with Crippen LogP contribution in [0.4, 0.5) is 0 Å². The Bertz CT molecular complexity index is 830. The van der Waals surface area contributed by atoms with E-state index >= 15 is 0 Å². The molecule has 1 aliphatic rings. The Balaban J connectivity index is 2.20. The number of hydrogen-bond acceptors (Lipinski definition) is 1. The molecule has 3 rings (SSSR count). The van der Waals surface area contributed by atoms with Crippen molar-refractivity contribution in [3.63, 3.8) is 0 Å². The summed E-state index contributed by atoms with van der Waals surface area (Å²) >= 11 is 0. The summed E-state index contributed by atoms with van der Waals surface area (Å²) in [5.41, 5.74) is 5.97. The van der Waals surface area contributed by atoms with Crippen LogP contribution < -0.4 is 9.92 Å².